The van der Waals surface area contributed by atoms with Crippen molar-refractivity contribution in [3.63, 3.8) is 0 Å². The number of hydrogen-bond donors (Lipinski definition) is 1. The Bertz CT molecular complexity index is 568. The third kappa shape index (κ3) is 3.33. The van der Waals surface area contributed by atoms with Crippen molar-refractivity contribution < 1.29 is 4.39 Å². The van der Waals surface area contributed by atoms with E-state index in [2.05, 4.69) is 24.3 Å². The van der Waals surface area contributed by atoms with Gasteiger partial charge < -0.3 is 5.73 Å². The van der Waals surface area contributed by atoms with Gasteiger partial charge in [-0.3, -0.25) is 0 Å². The van der Waals surface area contributed by atoms with E-state index in [9.17, 15) is 4.39 Å². The molecule has 0 aromatic heterocycles. The molecule has 1 atom stereocenters. The lowest BCUT2D eigenvalue weighted by Gasteiger charge is -2.22. The lowest BCUT2D eigenvalue weighted by Crippen LogP contribution is -2.12. The lowest BCUT2D eigenvalue weighted by molar-refractivity contribution is 0.443. The molecule has 1 aliphatic rings. The molecular formula is C19H22FN. The maximum atomic E-state index is 13.0. The van der Waals surface area contributed by atoms with Crippen molar-refractivity contribution in [1.29, 1.82) is 0 Å². The number of rotatable bonds is 3. The van der Waals surface area contributed by atoms with Crippen LogP contribution in [-0.4, -0.2) is 0 Å². The molecule has 110 valence electrons. The molecule has 0 spiro atoms. The Kier molecular flexibility index (Phi) is 4.35. The van der Waals surface area contributed by atoms with Gasteiger partial charge in [-0.25, -0.2) is 4.39 Å². The average Bonchev–Trinajstić information content (AvgIpc) is 2.56. The van der Waals surface area contributed by atoms with Crippen LogP contribution in [0.5, 0.6) is 0 Å². The first-order valence-corrected chi connectivity index (χ1v) is 7.85. The highest BCUT2D eigenvalue weighted by atomic mass is 19.1. The van der Waals surface area contributed by atoms with E-state index in [0.29, 0.717) is 0 Å². The van der Waals surface area contributed by atoms with Gasteiger partial charge in [-0.15, -0.1) is 0 Å². The fourth-order valence-corrected chi connectivity index (χ4v) is 3.27. The summed E-state index contributed by atoms with van der Waals surface area (Å²) in [5, 5.41) is 0. The summed E-state index contributed by atoms with van der Waals surface area (Å²) < 4.78 is 13.0. The Morgan fingerprint density at radius 1 is 0.810 bits per heavy atom. The first-order chi connectivity index (χ1) is 10.2. The SMILES string of the molecule is NC(c1ccc(F)cc1)c1ccc(C2CCCCC2)cc1. The van der Waals surface area contributed by atoms with Crippen LogP contribution < -0.4 is 5.73 Å². The van der Waals surface area contributed by atoms with Crippen LogP contribution in [0.3, 0.4) is 0 Å². The van der Waals surface area contributed by atoms with Gasteiger partial charge in [0.25, 0.3) is 0 Å². The van der Waals surface area contributed by atoms with Crippen LogP contribution in [0.25, 0.3) is 0 Å². The predicted molar refractivity (Wildman–Crippen MR) is 84.7 cm³/mol. The summed E-state index contributed by atoms with van der Waals surface area (Å²) in [4.78, 5) is 0. The second kappa shape index (κ2) is 6.40. The van der Waals surface area contributed by atoms with Crippen LogP contribution in [0.1, 0.15) is 60.8 Å². The number of hydrogen-bond acceptors (Lipinski definition) is 1. The van der Waals surface area contributed by atoms with E-state index in [-0.39, 0.29) is 11.9 Å². The summed E-state index contributed by atoms with van der Waals surface area (Å²) in [5.74, 6) is 0.494. The van der Waals surface area contributed by atoms with Crippen molar-refractivity contribution in [1.82, 2.24) is 0 Å². The summed E-state index contributed by atoms with van der Waals surface area (Å²) in [6.45, 7) is 0. The van der Waals surface area contributed by atoms with E-state index in [0.717, 1.165) is 17.0 Å². The van der Waals surface area contributed by atoms with Gasteiger partial charge >= 0.3 is 0 Å². The Balaban J connectivity index is 1.75. The summed E-state index contributed by atoms with van der Waals surface area (Å²) in [6, 6.07) is 14.9. The van der Waals surface area contributed by atoms with Crippen molar-refractivity contribution in [3.8, 4) is 0 Å². The molecular weight excluding hydrogens is 261 g/mol. The van der Waals surface area contributed by atoms with Crippen LogP contribution in [-0.2, 0) is 0 Å². The van der Waals surface area contributed by atoms with E-state index in [1.807, 2.05) is 0 Å². The molecule has 0 heterocycles. The molecule has 0 radical (unpaired) electrons. The minimum Gasteiger partial charge on any atom is -0.320 e. The molecule has 2 aromatic carbocycles. The third-order valence-electron chi connectivity index (χ3n) is 4.60. The molecule has 1 nitrogen and oxygen atoms in total. The Hall–Kier alpha value is -1.67. The van der Waals surface area contributed by atoms with Crippen molar-refractivity contribution in [2.45, 2.75) is 44.1 Å². The van der Waals surface area contributed by atoms with Crippen molar-refractivity contribution in [2.75, 3.05) is 0 Å². The summed E-state index contributed by atoms with van der Waals surface area (Å²) in [7, 11) is 0. The van der Waals surface area contributed by atoms with Gasteiger partial charge in [0.05, 0.1) is 6.04 Å². The van der Waals surface area contributed by atoms with Gasteiger partial charge in [-0.2, -0.15) is 0 Å². The highest BCUT2D eigenvalue weighted by Crippen LogP contribution is 2.33. The fraction of sp³-hybridized carbons (Fsp3) is 0.368. The smallest absolute Gasteiger partial charge is 0.123 e. The Morgan fingerprint density at radius 2 is 1.33 bits per heavy atom. The zero-order valence-corrected chi connectivity index (χ0v) is 12.3. The van der Waals surface area contributed by atoms with Gasteiger partial charge in [-0.1, -0.05) is 55.7 Å². The summed E-state index contributed by atoms with van der Waals surface area (Å²) >= 11 is 0. The molecule has 1 saturated carbocycles. The van der Waals surface area contributed by atoms with E-state index in [1.54, 1.807) is 12.1 Å². The van der Waals surface area contributed by atoms with Crippen molar-refractivity contribution in [3.05, 3.63) is 71.0 Å². The second-order valence-corrected chi connectivity index (χ2v) is 6.03. The highest BCUT2D eigenvalue weighted by Gasteiger charge is 2.16. The van der Waals surface area contributed by atoms with Crippen LogP contribution >= 0.6 is 0 Å². The average molecular weight is 283 g/mol. The van der Waals surface area contributed by atoms with Gasteiger partial charge in [-0.05, 0) is 47.6 Å². The fourth-order valence-electron chi connectivity index (χ4n) is 3.27. The molecule has 1 aliphatic carbocycles. The van der Waals surface area contributed by atoms with E-state index in [1.165, 1.54) is 49.8 Å². The van der Waals surface area contributed by atoms with Gasteiger partial charge in [0.2, 0.25) is 0 Å². The number of nitrogens with two attached hydrogens (primary N) is 1. The number of halogens is 1. The molecule has 1 fully saturated rings. The van der Waals surface area contributed by atoms with Gasteiger partial charge in [0, 0.05) is 0 Å². The molecule has 0 aliphatic heterocycles. The quantitative estimate of drug-likeness (QED) is 0.850. The van der Waals surface area contributed by atoms with Crippen molar-refractivity contribution >= 4 is 0 Å². The third-order valence-corrected chi connectivity index (χ3v) is 4.60. The van der Waals surface area contributed by atoms with Crippen LogP contribution in [0.15, 0.2) is 48.5 Å². The van der Waals surface area contributed by atoms with E-state index >= 15 is 0 Å². The maximum Gasteiger partial charge on any atom is 0.123 e. The van der Waals surface area contributed by atoms with Crippen LogP contribution in [0, 0.1) is 5.82 Å². The lowest BCUT2D eigenvalue weighted by atomic mass is 9.83. The number of benzene rings is 2. The standard InChI is InChI=1S/C19H22FN/c20-18-12-10-17(11-13-18)19(21)16-8-6-15(7-9-16)14-4-2-1-3-5-14/h6-14,19H,1-5,21H2. The van der Waals surface area contributed by atoms with E-state index in [4.69, 9.17) is 5.73 Å². The molecule has 0 amide bonds. The first kappa shape index (κ1) is 14.3. The van der Waals surface area contributed by atoms with Gasteiger partial charge in [0.15, 0.2) is 0 Å². The molecule has 2 heteroatoms. The van der Waals surface area contributed by atoms with Crippen LogP contribution in [0.4, 0.5) is 4.39 Å². The summed E-state index contributed by atoms with van der Waals surface area (Å²) in [6.07, 6.45) is 6.69. The molecule has 3 rings (SSSR count). The highest BCUT2D eigenvalue weighted by molar-refractivity contribution is 5.34. The minimum atomic E-state index is -0.224. The Morgan fingerprint density at radius 3 is 1.90 bits per heavy atom. The normalized spacial score (nSPS) is 17.6. The molecule has 2 aromatic rings. The van der Waals surface area contributed by atoms with Crippen molar-refractivity contribution in [2.24, 2.45) is 5.73 Å². The zero-order chi connectivity index (χ0) is 14.7. The maximum absolute atomic E-state index is 13.0. The molecule has 21 heavy (non-hydrogen) atoms. The second-order valence-electron chi connectivity index (χ2n) is 6.03. The molecule has 2 N–H and O–H groups in total. The minimum absolute atomic E-state index is 0.189. The monoisotopic (exact) mass is 283 g/mol. The molecule has 1 unspecified atom stereocenters. The van der Waals surface area contributed by atoms with Crippen LogP contribution in [0.2, 0.25) is 0 Å². The molecule has 0 saturated heterocycles. The Labute approximate surface area is 126 Å². The first-order valence-electron chi connectivity index (χ1n) is 7.85. The topological polar surface area (TPSA) is 26.0 Å². The predicted octanol–water partition coefficient (Wildman–Crippen LogP) is 4.92. The molecule has 0 bridgehead atoms. The van der Waals surface area contributed by atoms with E-state index < -0.39 is 0 Å². The summed E-state index contributed by atoms with van der Waals surface area (Å²) in [5.41, 5.74) is 9.74. The van der Waals surface area contributed by atoms with Gasteiger partial charge in [0.1, 0.15) is 5.82 Å². The zero-order valence-electron chi connectivity index (χ0n) is 12.3. The largest absolute Gasteiger partial charge is 0.320 e.